The number of hydrogen-bond donors (Lipinski definition) is 0. The van der Waals surface area contributed by atoms with Crippen LogP contribution in [-0.4, -0.2) is 6.16 Å². The summed E-state index contributed by atoms with van der Waals surface area (Å²) in [6.07, 6.45) is 3.82. The minimum atomic E-state index is -0.332. The SMILES string of the molecule is CCCCP(c1c(C)cc(C)cc1C)C(c1ccccc1)c1ccccc1. The molecule has 1 heteroatoms. The third kappa shape index (κ3) is 4.69. The van der Waals surface area contributed by atoms with Gasteiger partial charge in [-0.25, -0.2) is 0 Å². The number of unbranched alkanes of at least 4 members (excludes halogenated alkanes) is 1. The molecule has 3 aromatic carbocycles. The average molecular weight is 375 g/mol. The Labute approximate surface area is 166 Å². The standard InChI is InChI=1S/C26H31P/c1-5-6-17-27(25-21(3)18-20(2)19-22(25)4)26(23-13-9-7-10-14-23)24-15-11-8-12-16-24/h7-16,18-19,26H,5-6,17H2,1-4H3. The molecule has 0 aliphatic rings. The molecule has 1 unspecified atom stereocenters. The summed E-state index contributed by atoms with van der Waals surface area (Å²) in [4.78, 5) is 0. The Balaban J connectivity index is 2.18. The van der Waals surface area contributed by atoms with Crippen molar-refractivity contribution in [1.82, 2.24) is 0 Å². The van der Waals surface area contributed by atoms with Crippen molar-refractivity contribution < 1.29 is 0 Å². The van der Waals surface area contributed by atoms with Gasteiger partial charge >= 0.3 is 0 Å². The topological polar surface area (TPSA) is 0 Å². The van der Waals surface area contributed by atoms with Gasteiger partial charge in [0.15, 0.2) is 0 Å². The van der Waals surface area contributed by atoms with Gasteiger partial charge in [-0.3, -0.25) is 0 Å². The number of rotatable bonds is 7. The molecule has 3 aromatic rings. The second-order valence-corrected chi connectivity index (χ2v) is 9.87. The normalized spacial score (nSPS) is 12.3. The van der Waals surface area contributed by atoms with Crippen LogP contribution in [0.15, 0.2) is 72.8 Å². The van der Waals surface area contributed by atoms with E-state index in [1.54, 1.807) is 5.30 Å². The van der Waals surface area contributed by atoms with Crippen molar-refractivity contribution in [3.8, 4) is 0 Å². The van der Waals surface area contributed by atoms with Gasteiger partial charge in [0, 0.05) is 5.66 Å². The van der Waals surface area contributed by atoms with E-state index in [9.17, 15) is 0 Å². The molecule has 0 saturated carbocycles. The zero-order valence-corrected chi connectivity index (χ0v) is 18.0. The first-order chi connectivity index (χ1) is 13.1. The highest BCUT2D eigenvalue weighted by Gasteiger charge is 2.28. The fourth-order valence-corrected chi connectivity index (χ4v) is 7.64. The van der Waals surface area contributed by atoms with Gasteiger partial charge in [-0.05, 0) is 60.9 Å². The predicted octanol–water partition coefficient (Wildman–Crippen LogP) is 7.31. The van der Waals surface area contributed by atoms with Gasteiger partial charge in [-0.2, -0.15) is 0 Å². The maximum absolute atomic E-state index is 2.37. The molecular formula is C26H31P. The summed E-state index contributed by atoms with van der Waals surface area (Å²) < 4.78 is 0. The molecular weight excluding hydrogens is 343 g/mol. The molecule has 0 heterocycles. The van der Waals surface area contributed by atoms with Gasteiger partial charge in [0.2, 0.25) is 0 Å². The van der Waals surface area contributed by atoms with Crippen molar-refractivity contribution in [2.45, 2.75) is 46.2 Å². The van der Waals surface area contributed by atoms with Crippen molar-refractivity contribution >= 4 is 13.2 Å². The van der Waals surface area contributed by atoms with Crippen LogP contribution in [0.1, 0.15) is 53.2 Å². The third-order valence-corrected chi connectivity index (χ3v) is 8.51. The summed E-state index contributed by atoms with van der Waals surface area (Å²) in [5.74, 6) is 0. The number of benzene rings is 3. The van der Waals surface area contributed by atoms with E-state index in [1.165, 1.54) is 46.8 Å². The van der Waals surface area contributed by atoms with E-state index >= 15 is 0 Å². The lowest BCUT2D eigenvalue weighted by Gasteiger charge is -2.32. The maximum Gasteiger partial charge on any atom is 0.0332 e. The Hall–Kier alpha value is -1.91. The van der Waals surface area contributed by atoms with E-state index in [-0.39, 0.29) is 7.92 Å². The largest absolute Gasteiger partial charge is 0.0654 e. The average Bonchev–Trinajstić information content (AvgIpc) is 2.67. The Morgan fingerprint density at radius 2 is 1.22 bits per heavy atom. The van der Waals surface area contributed by atoms with E-state index in [4.69, 9.17) is 0 Å². The summed E-state index contributed by atoms with van der Waals surface area (Å²) >= 11 is 0. The van der Waals surface area contributed by atoms with E-state index < -0.39 is 0 Å². The number of aryl methyl sites for hydroxylation is 3. The number of hydrogen-bond acceptors (Lipinski definition) is 0. The van der Waals surface area contributed by atoms with Gasteiger partial charge in [0.05, 0.1) is 0 Å². The molecule has 0 aliphatic carbocycles. The Bertz CT molecular complexity index is 789. The highest BCUT2D eigenvalue weighted by molar-refractivity contribution is 7.66. The molecule has 3 rings (SSSR count). The third-order valence-electron chi connectivity index (χ3n) is 5.22. The summed E-state index contributed by atoms with van der Waals surface area (Å²) in [5.41, 5.74) is 7.65. The van der Waals surface area contributed by atoms with E-state index in [2.05, 4.69) is 100 Å². The van der Waals surface area contributed by atoms with Crippen molar-refractivity contribution in [2.75, 3.05) is 6.16 Å². The molecule has 0 spiro atoms. The highest BCUT2D eigenvalue weighted by atomic mass is 31.1. The second kappa shape index (κ2) is 9.34. The molecule has 0 fully saturated rings. The van der Waals surface area contributed by atoms with Crippen LogP contribution in [0.5, 0.6) is 0 Å². The molecule has 0 N–H and O–H groups in total. The van der Waals surface area contributed by atoms with Gasteiger partial charge in [0.1, 0.15) is 0 Å². The lowest BCUT2D eigenvalue weighted by molar-refractivity contribution is 0.887. The monoisotopic (exact) mass is 374 g/mol. The zero-order valence-electron chi connectivity index (χ0n) is 17.1. The first-order valence-electron chi connectivity index (χ1n) is 10.1. The Morgan fingerprint density at radius 1 is 0.741 bits per heavy atom. The minimum absolute atomic E-state index is 0.332. The molecule has 140 valence electrons. The lowest BCUT2D eigenvalue weighted by Crippen LogP contribution is -2.17. The molecule has 0 amide bonds. The van der Waals surface area contributed by atoms with Crippen LogP contribution < -0.4 is 5.30 Å². The highest BCUT2D eigenvalue weighted by Crippen LogP contribution is 2.55. The van der Waals surface area contributed by atoms with Crippen LogP contribution in [0.4, 0.5) is 0 Å². The Kier molecular flexibility index (Phi) is 6.86. The lowest BCUT2D eigenvalue weighted by atomic mass is 10.0. The van der Waals surface area contributed by atoms with Crippen LogP contribution in [0, 0.1) is 20.8 Å². The first-order valence-corrected chi connectivity index (χ1v) is 11.7. The maximum atomic E-state index is 2.37. The molecule has 0 saturated heterocycles. The first kappa shape index (κ1) is 19.8. The zero-order chi connectivity index (χ0) is 19.2. The van der Waals surface area contributed by atoms with Gasteiger partial charge in [-0.1, -0.05) is 99.6 Å². The molecule has 0 aliphatic heterocycles. The smallest absolute Gasteiger partial charge is 0.0332 e. The van der Waals surface area contributed by atoms with Crippen LogP contribution >= 0.6 is 7.92 Å². The van der Waals surface area contributed by atoms with Crippen LogP contribution in [0.3, 0.4) is 0 Å². The molecule has 0 nitrogen and oxygen atoms in total. The van der Waals surface area contributed by atoms with Gasteiger partial charge < -0.3 is 0 Å². The second-order valence-electron chi connectivity index (χ2n) is 7.52. The van der Waals surface area contributed by atoms with Gasteiger partial charge in [-0.15, -0.1) is 0 Å². The fourth-order valence-electron chi connectivity index (χ4n) is 4.15. The fraction of sp³-hybridized carbons (Fsp3) is 0.308. The van der Waals surface area contributed by atoms with Crippen molar-refractivity contribution in [2.24, 2.45) is 0 Å². The summed E-state index contributed by atoms with van der Waals surface area (Å²) in [5, 5.41) is 1.61. The summed E-state index contributed by atoms with van der Waals surface area (Å²) in [6.45, 7) is 9.14. The van der Waals surface area contributed by atoms with Crippen molar-refractivity contribution in [3.05, 3.63) is 101 Å². The van der Waals surface area contributed by atoms with E-state index in [0.717, 1.165) is 0 Å². The molecule has 0 aromatic heterocycles. The summed E-state index contributed by atoms with van der Waals surface area (Å²) in [7, 11) is -0.332. The van der Waals surface area contributed by atoms with Crippen LogP contribution in [0.25, 0.3) is 0 Å². The van der Waals surface area contributed by atoms with E-state index in [0.29, 0.717) is 5.66 Å². The molecule has 0 radical (unpaired) electrons. The Morgan fingerprint density at radius 3 is 1.67 bits per heavy atom. The minimum Gasteiger partial charge on any atom is -0.0654 e. The molecule has 0 bridgehead atoms. The van der Waals surface area contributed by atoms with Crippen molar-refractivity contribution in [1.29, 1.82) is 0 Å². The summed E-state index contributed by atoms with van der Waals surface area (Å²) in [6, 6.07) is 27.0. The van der Waals surface area contributed by atoms with Crippen molar-refractivity contribution in [3.63, 3.8) is 0 Å². The quantitative estimate of drug-likeness (QED) is 0.380. The van der Waals surface area contributed by atoms with E-state index in [1.807, 2.05) is 0 Å². The van der Waals surface area contributed by atoms with Crippen LogP contribution in [-0.2, 0) is 0 Å². The van der Waals surface area contributed by atoms with Gasteiger partial charge in [0.25, 0.3) is 0 Å². The molecule has 1 atom stereocenters. The molecule has 27 heavy (non-hydrogen) atoms. The van der Waals surface area contributed by atoms with Crippen LogP contribution in [0.2, 0.25) is 0 Å². The predicted molar refractivity (Wildman–Crippen MR) is 122 cm³/mol.